The molecular formula is C20H16N2O3S. The van der Waals surface area contributed by atoms with E-state index in [4.69, 9.17) is 4.42 Å². The molecule has 26 heavy (non-hydrogen) atoms. The first kappa shape index (κ1) is 16.5. The number of benzene rings is 2. The zero-order valence-electron chi connectivity index (χ0n) is 14.1. The molecule has 4 aromatic rings. The molecule has 0 N–H and O–H groups in total. The Morgan fingerprint density at radius 2 is 1.92 bits per heavy atom. The molecule has 0 saturated carbocycles. The van der Waals surface area contributed by atoms with Crippen molar-refractivity contribution in [2.75, 3.05) is 0 Å². The predicted molar refractivity (Wildman–Crippen MR) is 102 cm³/mol. The molecule has 5 nitrogen and oxygen atoms in total. The SMILES string of the molecule is CCCn1c(=NC(=O)c2cc3ccccc3oc2=O)sc2ccccc21. The van der Waals surface area contributed by atoms with Crippen LogP contribution in [0.25, 0.3) is 21.2 Å². The Labute approximate surface area is 152 Å². The van der Waals surface area contributed by atoms with E-state index in [9.17, 15) is 9.59 Å². The molecule has 6 heteroatoms. The fourth-order valence-electron chi connectivity index (χ4n) is 2.90. The van der Waals surface area contributed by atoms with Gasteiger partial charge in [0, 0.05) is 11.9 Å². The normalized spacial score (nSPS) is 12.1. The van der Waals surface area contributed by atoms with Crippen molar-refractivity contribution in [3.63, 3.8) is 0 Å². The number of nitrogens with zero attached hydrogens (tertiary/aromatic N) is 2. The average molecular weight is 364 g/mol. The van der Waals surface area contributed by atoms with Crippen LogP contribution in [0.5, 0.6) is 0 Å². The highest BCUT2D eigenvalue weighted by Crippen LogP contribution is 2.17. The van der Waals surface area contributed by atoms with Gasteiger partial charge in [0.05, 0.1) is 10.2 Å². The van der Waals surface area contributed by atoms with Crippen LogP contribution in [-0.2, 0) is 6.54 Å². The summed E-state index contributed by atoms with van der Waals surface area (Å²) in [5, 5.41) is 0.698. The smallest absolute Gasteiger partial charge is 0.349 e. The lowest BCUT2D eigenvalue weighted by atomic mass is 10.2. The highest BCUT2D eigenvalue weighted by atomic mass is 32.1. The van der Waals surface area contributed by atoms with Crippen LogP contribution in [0.4, 0.5) is 0 Å². The first-order valence-corrected chi connectivity index (χ1v) is 9.19. The molecule has 0 aliphatic heterocycles. The lowest BCUT2D eigenvalue weighted by Gasteiger charge is -2.02. The maximum Gasteiger partial charge on any atom is 0.349 e. The van der Waals surface area contributed by atoms with E-state index in [1.807, 2.05) is 34.9 Å². The van der Waals surface area contributed by atoms with Gasteiger partial charge in [-0.15, -0.1) is 0 Å². The molecule has 0 atom stereocenters. The van der Waals surface area contributed by atoms with Gasteiger partial charge in [0.25, 0.3) is 5.91 Å². The van der Waals surface area contributed by atoms with E-state index in [1.54, 1.807) is 24.3 Å². The third-order valence-electron chi connectivity index (χ3n) is 4.10. The van der Waals surface area contributed by atoms with E-state index in [2.05, 4.69) is 11.9 Å². The van der Waals surface area contributed by atoms with Gasteiger partial charge in [-0.2, -0.15) is 4.99 Å². The fourth-order valence-corrected chi connectivity index (χ4v) is 3.96. The monoisotopic (exact) mass is 364 g/mol. The van der Waals surface area contributed by atoms with E-state index in [0.29, 0.717) is 15.8 Å². The third-order valence-corrected chi connectivity index (χ3v) is 5.16. The molecule has 0 saturated heterocycles. The summed E-state index contributed by atoms with van der Waals surface area (Å²) in [6.45, 7) is 2.82. The van der Waals surface area contributed by atoms with Crippen molar-refractivity contribution in [3.05, 3.63) is 75.4 Å². The summed E-state index contributed by atoms with van der Waals surface area (Å²) in [6, 6.07) is 16.6. The van der Waals surface area contributed by atoms with Gasteiger partial charge in [0.15, 0.2) is 4.80 Å². The Hall–Kier alpha value is -2.99. The number of amides is 1. The summed E-state index contributed by atoms with van der Waals surface area (Å²) in [5.41, 5.74) is 0.776. The van der Waals surface area contributed by atoms with Crippen LogP contribution in [0.15, 0.2) is 68.8 Å². The summed E-state index contributed by atoms with van der Waals surface area (Å²) in [5.74, 6) is -0.582. The van der Waals surface area contributed by atoms with Crippen molar-refractivity contribution in [1.82, 2.24) is 4.57 Å². The van der Waals surface area contributed by atoms with Crippen molar-refractivity contribution < 1.29 is 9.21 Å². The maximum atomic E-state index is 12.7. The lowest BCUT2D eigenvalue weighted by molar-refractivity contribution is 0.0994. The maximum absolute atomic E-state index is 12.7. The molecule has 0 fully saturated rings. The first-order valence-electron chi connectivity index (χ1n) is 8.37. The highest BCUT2D eigenvalue weighted by molar-refractivity contribution is 7.16. The van der Waals surface area contributed by atoms with Gasteiger partial charge in [-0.05, 0) is 30.7 Å². The van der Waals surface area contributed by atoms with E-state index in [-0.39, 0.29) is 5.56 Å². The van der Waals surface area contributed by atoms with E-state index >= 15 is 0 Å². The molecule has 2 aromatic carbocycles. The van der Waals surface area contributed by atoms with Crippen molar-refractivity contribution in [2.45, 2.75) is 19.9 Å². The number of hydrogen-bond donors (Lipinski definition) is 0. The number of hydrogen-bond acceptors (Lipinski definition) is 4. The molecule has 0 spiro atoms. The number of carbonyl (C=O) groups excluding carboxylic acids is 1. The minimum Gasteiger partial charge on any atom is -0.422 e. The standard InChI is InChI=1S/C20H16N2O3S/c1-2-11-22-15-8-4-6-10-17(15)26-20(22)21-18(23)14-12-13-7-3-5-9-16(13)25-19(14)24/h3-10,12H,2,11H2,1H3. The molecule has 130 valence electrons. The first-order chi connectivity index (χ1) is 12.7. The number of carbonyl (C=O) groups is 1. The molecule has 4 rings (SSSR count). The topological polar surface area (TPSA) is 64.6 Å². The van der Waals surface area contributed by atoms with Crippen LogP contribution in [0.1, 0.15) is 23.7 Å². The van der Waals surface area contributed by atoms with Gasteiger partial charge in [-0.3, -0.25) is 4.79 Å². The van der Waals surface area contributed by atoms with E-state index < -0.39 is 11.5 Å². The third kappa shape index (κ3) is 2.88. The van der Waals surface area contributed by atoms with E-state index in [0.717, 1.165) is 23.2 Å². The molecule has 2 aromatic heterocycles. The Bertz CT molecular complexity index is 1250. The van der Waals surface area contributed by atoms with Crippen molar-refractivity contribution in [1.29, 1.82) is 0 Å². The Kier molecular flexibility index (Phi) is 4.26. The van der Waals surface area contributed by atoms with Gasteiger partial charge in [-0.25, -0.2) is 4.79 Å². The van der Waals surface area contributed by atoms with E-state index in [1.165, 1.54) is 11.3 Å². The summed E-state index contributed by atoms with van der Waals surface area (Å²) >= 11 is 1.44. The molecule has 0 radical (unpaired) electrons. The molecule has 0 unspecified atom stereocenters. The molecule has 1 amide bonds. The quantitative estimate of drug-likeness (QED) is 0.517. The minimum atomic E-state index is -0.666. The Balaban J connectivity index is 1.88. The second-order valence-corrected chi connectivity index (χ2v) is 6.92. The molecular weight excluding hydrogens is 348 g/mol. The van der Waals surface area contributed by atoms with Crippen molar-refractivity contribution in [2.24, 2.45) is 4.99 Å². The second kappa shape index (κ2) is 6.72. The van der Waals surface area contributed by atoms with Crippen molar-refractivity contribution >= 4 is 38.4 Å². The molecule has 0 bridgehead atoms. The van der Waals surface area contributed by atoms with Gasteiger partial charge >= 0.3 is 5.63 Å². The van der Waals surface area contributed by atoms with Crippen LogP contribution in [0.2, 0.25) is 0 Å². The largest absolute Gasteiger partial charge is 0.422 e. The number of rotatable bonds is 3. The molecule has 0 aliphatic rings. The van der Waals surface area contributed by atoms with Crippen LogP contribution in [0.3, 0.4) is 0 Å². The van der Waals surface area contributed by atoms with Crippen molar-refractivity contribution in [3.8, 4) is 0 Å². The number of aromatic nitrogens is 1. The Morgan fingerprint density at radius 3 is 2.77 bits per heavy atom. The van der Waals surface area contributed by atoms with Gasteiger partial charge in [0.2, 0.25) is 0 Å². The Morgan fingerprint density at radius 1 is 1.15 bits per heavy atom. The van der Waals surface area contributed by atoms with Gasteiger partial charge in [0.1, 0.15) is 11.1 Å². The second-order valence-electron chi connectivity index (χ2n) is 5.91. The highest BCUT2D eigenvalue weighted by Gasteiger charge is 2.14. The predicted octanol–water partition coefficient (Wildman–Crippen LogP) is 3.96. The number of aryl methyl sites for hydroxylation is 1. The lowest BCUT2D eigenvalue weighted by Crippen LogP contribution is -2.19. The fraction of sp³-hybridized carbons (Fsp3) is 0.150. The number of thiazole rings is 1. The number of para-hydroxylation sites is 2. The average Bonchev–Trinajstić information content (AvgIpc) is 2.99. The molecule has 0 aliphatic carbocycles. The summed E-state index contributed by atoms with van der Waals surface area (Å²) in [7, 11) is 0. The molecule has 2 heterocycles. The van der Waals surface area contributed by atoms with Crippen LogP contribution < -0.4 is 10.4 Å². The van der Waals surface area contributed by atoms with Gasteiger partial charge in [-0.1, -0.05) is 48.6 Å². The summed E-state index contributed by atoms with van der Waals surface area (Å²) in [6.07, 6.45) is 0.917. The zero-order chi connectivity index (χ0) is 18.1. The minimum absolute atomic E-state index is 0.0517. The number of fused-ring (bicyclic) bond motifs is 2. The summed E-state index contributed by atoms with van der Waals surface area (Å²) in [4.78, 5) is 29.7. The van der Waals surface area contributed by atoms with Crippen LogP contribution in [0, 0.1) is 0 Å². The van der Waals surface area contributed by atoms with Crippen LogP contribution in [-0.4, -0.2) is 10.5 Å². The zero-order valence-corrected chi connectivity index (χ0v) is 15.0. The summed E-state index contributed by atoms with van der Waals surface area (Å²) < 4.78 is 8.32. The van der Waals surface area contributed by atoms with Gasteiger partial charge < -0.3 is 8.98 Å². The van der Waals surface area contributed by atoms with Crippen LogP contribution >= 0.6 is 11.3 Å².